The van der Waals surface area contributed by atoms with Crippen molar-refractivity contribution in [2.24, 2.45) is 0 Å². The second-order valence-electron chi connectivity index (χ2n) is 9.76. The maximum Gasteiger partial charge on any atom is 0.119 e. The van der Waals surface area contributed by atoms with Crippen molar-refractivity contribution in [3.63, 3.8) is 0 Å². The average molecular weight is 528 g/mol. The van der Waals surface area contributed by atoms with Crippen LogP contribution in [0.5, 0.6) is 5.75 Å². The Morgan fingerprint density at radius 3 is 1.36 bits per heavy atom. The molecular weight excluding hydrogens is 491 g/mol. The van der Waals surface area contributed by atoms with Gasteiger partial charge in [-0.05, 0) is 78.9 Å². The molecule has 0 unspecified atom stereocenters. The van der Waals surface area contributed by atoms with Crippen molar-refractivity contribution in [2.45, 2.75) is 19.3 Å². The number of benzene rings is 5. The summed E-state index contributed by atoms with van der Waals surface area (Å²) in [6.07, 6.45) is 8.80. The van der Waals surface area contributed by atoms with Gasteiger partial charge in [-0.15, -0.1) is 0 Å². The van der Waals surface area contributed by atoms with Gasteiger partial charge in [0.1, 0.15) is 28.9 Å². The molecule has 5 aromatic rings. The summed E-state index contributed by atoms with van der Waals surface area (Å²) >= 11 is 0. The molecule has 0 spiro atoms. The Balaban J connectivity index is 1.20. The van der Waals surface area contributed by atoms with E-state index >= 15 is 0 Å². The molecule has 0 saturated carbocycles. The predicted octanol–water partition coefficient (Wildman–Crippen LogP) is 8.40. The van der Waals surface area contributed by atoms with Crippen LogP contribution in [0.25, 0.3) is 12.2 Å². The van der Waals surface area contributed by atoms with Gasteiger partial charge < -0.3 is 4.74 Å². The van der Waals surface area contributed by atoms with Crippen LogP contribution in [-0.4, -0.2) is 12.8 Å². The van der Waals surface area contributed by atoms with Gasteiger partial charge in [0.2, 0.25) is 0 Å². The third-order valence-electron chi connectivity index (χ3n) is 7.15. The largest absolute Gasteiger partial charge is 0.494 e. The second kappa shape index (κ2) is 13.7. The van der Waals surface area contributed by atoms with Crippen LogP contribution in [0.2, 0.25) is 0 Å². The van der Waals surface area contributed by atoms with E-state index < -0.39 is 7.26 Å². The van der Waals surface area contributed by atoms with Gasteiger partial charge in [0.25, 0.3) is 0 Å². The van der Waals surface area contributed by atoms with E-state index in [4.69, 9.17) is 4.74 Å². The summed E-state index contributed by atoms with van der Waals surface area (Å²) in [6, 6.07) is 52.2. The number of rotatable bonds is 12. The van der Waals surface area contributed by atoms with E-state index in [1.807, 2.05) is 6.07 Å². The van der Waals surface area contributed by atoms with Crippen molar-refractivity contribution in [3.05, 3.63) is 157 Å². The molecule has 0 heterocycles. The first-order valence-electron chi connectivity index (χ1n) is 13.9. The van der Waals surface area contributed by atoms with Gasteiger partial charge in [-0.3, -0.25) is 0 Å². The number of ether oxygens (including phenoxy) is 1. The Morgan fingerprint density at radius 1 is 0.436 bits per heavy atom. The predicted molar refractivity (Wildman–Crippen MR) is 171 cm³/mol. The zero-order valence-corrected chi connectivity index (χ0v) is 23.3. The van der Waals surface area contributed by atoms with Crippen LogP contribution in [0.4, 0.5) is 0 Å². The van der Waals surface area contributed by atoms with Gasteiger partial charge in [-0.2, -0.15) is 0 Å². The highest BCUT2D eigenvalue weighted by molar-refractivity contribution is 7.95. The topological polar surface area (TPSA) is 9.23 Å². The highest BCUT2D eigenvalue weighted by atomic mass is 31.2. The van der Waals surface area contributed by atoms with Gasteiger partial charge in [0, 0.05) is 0 Å². The molecule has 194 valence electrons. The first-order valence-corrected chi connectivity index (χ1v) is 15.8. The monoisotopic (exact) mass is 527 g/mol. The number of hydrogen-bond acceptors (Lipinski definition) is 1. The fraction of sp³-hybridized carbons (Fsp3) is 0.135. The maximum absolute atomic E-state index is 6.09. The van der Waals surface area contributed by atoms with Crippen LogP contribution in [0, 0.1) is 0 Å². The molecule has 1 nitrogen and oxygen atoms in total. The van der Waals surface area contributed by atoms with Crippen LogP contribution in [0.1, 0.15) is 30.4 Å². The van der Waals surface area contributed by atoms with Crippen LogP contribution < -0.4 is 20.7 Å². The molecule has 0 atom stereocenters. The lowest BCUT2D eigenvalue weighted by Crippen LogP contribution is -2.33. The van der Waals surface area contributed by atoms with Crippen molar-refractivity contribution in [1.29, 1.82) is 0 Å². The van der Waals surface area contributed by atoms with Gasteiger partial charge in [0.15, 0.2) is 0 Å². The maximum atomic E-state index is 6.09. The Kier molecular flexibility index (Phi) is 9.40. The Morgan fingerprint density at radius 2 is 0.872 bits per heavy atom. The third-order valence-corrected chi connectivity index (χ3v) is 11.7. The molecule has 2 heteroatoms. The van der Waals surface area contributed by atoms with E-state index in [0.717, 1.165) is 31.4 Å². The number of hydrogen-bond donors (Lipinski definition) is 0. The lowest BCUT2D eigenvalue weighted by molar-refractivity contribution is 0.306. The molecule has 0 amide bonds. The zero-order chi connectivity index (χ0) is 26.6. The minimum absolute atomic E-state index is 0.743. The molecule has 0 bridgehead atoms. The molecule has 0 aliphatic rings. The Labute approximate surface area is 234 Å². The summed E-state index contributed by atoms with van der Waals surface area (Å²) in [4.78, 5) is 0. The molecule has 0 saturated heterocycles. The standard InChI is InChI=1S/C37H36OP/c1-6-16-32(17-7-1)24-25-33-26-28-34(29-27-33)38-30-14-5-15-31-39(35-18-8-2-9-19-35,36-20-10-3-11-21-36)37-22-12-4-13-23-37/h1-4,6-13,16-29H,5,14-15,30-31H2/q+1. The van der Waals surface area contributed by atoms with Crippen LogP contribution in [0.3, 0.4) is 0 Å². The SMILES string of the molecule is C(=Cc1ccc(OCCCCC[P+](c2ccccc2)(c2ccccc2)c2ccccc2)cc1)c1ccccc1. The molecule has 39 heavy (non-hydrogen) atoms. The second-order valence-corrected chi connectivity index (χ2v) is 13.4. The summed E-state index contributed by atoms with van der Waals surface area (Å²) in [5.41, 5.74) is 2.38. The molecule has 5 aromatic carbocycles. The van der Waals surface area contributed by atoms with E-state index in [1.165, 1.54) is 33.5 Å². The molecule has 0 fully saturated rings. The fourth-order valence-corrected chi connectivity index (χ4v) is 9.54. The van der Waals surface area contributed by atoms with Crippen molar-refractivity contribution < 1.29 is 4.74 Å². The molecule has 5 rings (SSSR count). The van der Waals surface area contributed by atoms with Crippen molar-refractivity contribution in [2.75, 3.05) is 12.8 Å². The molecular formula is C37H36OP+. The summed E-state index contributed by atoms with van der Waals surface area (Å²) in [6.45, 7) is 0.743. The summed E-state index contributed by atoms with van der Waals surface area (Å²) in [5.74, 6) is 0.937. The fourth-order valence-electron chi connectivity index (χ4n) is 5.13. The molecule has 0 aliphatic carbocycles. The summed E-state index contributed by atoms with van der Waals surface area (Å²) in [5, 5.41) is 4.38. The van der Waals surface area contributed by atoms with Crippen LogP contribution in [0.15, 0.2) is 146 Å². The smallest absolute Gasteiger partial charge is 0.119 e. The summed E-state index contributed by atoms with van der Waals surface area (Å²) in [7, 11) is -1.74. The highest BCUT2D eigenvalue weighted by Gasteiger charge is 2.44. The van der Waals surface area contributed by atoms with Gasteiger partial charge >= 0.3 is 0 Å². The molecule has 0 N–H and O–H groups in total. The third kappa shape index (κ3) is 6.94. The molecule has 0 radical (unpaired) electrons. The minimum atomic E-state index is -1.74. The van der Waals surface area contributed by atoms with Crippen molar-refractivity contribution in [3.8, 4) is 5.75 Å². The first kappa shape index (κ1) is 26.7. The average Bonchev–Trinajstić information content (AvgIpc) is 3.02. The van der Waals surface area contributed by atoms with Crippen LogP contribution in [-0.2, 0) is 0 Å². The molecule has 0 aliphatic heterocycles. The van der Waals surface area contributed by atoms with E-state index in [0.29, 0.717) is 0 Å². The first-order chi connectivity index (χ1) is 19.3. The van der Waals surface area contributed by atoms with Gasteiger partial charge in [0.05, 0.1) is 12.8 Å². The zero-order valence-electron chi connectivity index (χ0n) is 22.4. The van der Waals surface area contributed by atoms with E-state index in [2.05, 4.69) is 152 Å². The normalized spacial score (nSPS) is 11.5. The highest BCUT2D eigenvalue weighted by Crippen LogP contribution is 2.55. The number of unbranched alkanes of at least 4 members (excludes halogenated alkanes) is 2. The molecule has 0 aromatic heterocycles. The van der Waals surface area contributed by atoms with Gasteiger partial charge in [-0.1, -0.05) is 109 Å². The lowest BCUT2D eigenvalue weighted by Gasteiger charge is -2.27. The van der Waals surface area contributed by atoms with Crippen molar-refractivity contribution in [1.82, 2.24) is 0 Å². The van der Waals surface area contributed by atoms with E-state index in [-0.39, 0.29) is 0 Å². The summed E-state index contributed by atoms with van der Waals surface area (Å²) < 4.78 is 6.09. The minimum Gasteiger partial charge on any atom is -0.494 e. The van der Waals surface area contributed by atoms with Crippen LogP contribution >= 0.6 is 7.26 Å². The van der Waals surface area contributed by atoms with E-state index in [9.17, 15) is 0 Å². The van der Waals surface area contributed by atoms with Crippen molar-refractivity contribution >= 4 is 35.3 Å². The lowest BCUT2D eigenvalue weighted by atomic mass is 10.1. The quantitative estimate of drug-likeness (QED) is 0.0899. The Hall–Kier alpha value is -3.93. The van der Waals surface area contributed by atoms with E-state index in [1.54, 1.807) is 0 Å². The van der Waals surface area contributed by atoms with Gasteiger partial charge in [-0.25, -0.2) is 0 Å². The Bertz CT molecular complexity index is 1320.